The molecule has 0 fully saturated rings. The van der Waals surface area contributed by atoms with Crippen molar-refractivity contribution in [2.24, 2.45) is 5.73 Å². The predicted molar refractivity (Wildman–Crippen MR) is 68.5 cm³/mol. The Balaban J connectivity index is 3.17. The lowest BCUT2D eigenvalue weighted by Crippen LogP contribution is -2.44. The highest BCUT2D eigenvalue weighted by molar-refractivity contribution is 9.10. The van der Waals surface area contributed by atoms with Gasteiger partial charge in [0.15, 0.2) is 0 Å². The largest absolute Gasteiger partial charge is 0.321 e. The molecule has 17 heavy (non-hydrogen) atoms. The average Bonchev–Trinajstić information content (AvgIpc) is 2.20. The van der Waals surface area contributed by atoms with Crippen LogP contribution in [0.25, 0.3) is 0 Å². The van der Waals surface area contributed by atoms with Crippen LogP contribution in [0.15, 0.2) is 22.7 Å². The third-order valence-corrected chi connectivity index (χ3v) is 4.44. The van der Waals surface area contributed by atoms with Crippen LogP contribution in [0.3, 0.4) is 0 Å². The molecule has 3 N–H and O–H groups in total. The Morgan fingerprint density at radius 2 is 2.12 bits per heavy atom. The maximum Gasteiger partial charge on any atom is 0.213 e. The van der Waals surface area contributed by atoms with E-state index in [1.54, 1.807) is 0 Å². The van der Waals surface area contributed by atoms with Crippen molar-refractivity contribution < 1.29 is 12.8 Å². The molecule has 0 saturated heterocycles. The van der Waals surface area contributed by atoms with Crippen LogP contribution in [0.4, 0.5) is 4.39 Å². The number of hydrogen-bond acceptors (Lipinski definition) is 3. The number of benzene rings is 1. The van der Waals surface area contributed by atoms with Crippen molar-refractivity contribution in [3.8, 4) is 0 Å². The van der Waals surface area contributed by atoms with E-state index in [2.05, 4.69) is 20.7 Å². The number of sulfonamides is 1. The summed E-state index contributed by atoms with van der Waals surface area (Å²) in [5, 5.41) is 0. The van der Waals surface area contributed by atoms with Crippen LogP contribution in [-0.2, 0) is 15.6 Å². The van der Waals surface area contributed by atoms with Crippen LogP contribution in [0.1, 0.15) is 12.5 Å². The standard InChI is InChI=1S/C10H14BrFN2O2S/c1-10(13,6-17(15,16)14-2)8-5-7(11)3-4-9(8)12/h3-5,14H,6,13H2,1-2H3/t10-/m0/s1. The van der Waals surface area contributed by atoms with E-state index in [0.29, 0.717) is 4.47 Å². The fourth-order valence-electron chi connectivity index (χ4n) is 1.48. The summed E-state index contributed by atoms with van der Waals surface area (Å²) in [7, 11) is -2.22. The van der Waals surface area contributed by atoms with Crippen LogP contribution in [0.2, 0.25) is 0 Å². The molecule has 0 aliphatic rings. The van der Waals surface area contributed by atoms with Gasteiger partial charge in [0.2, 0.25) is 10.0 Å². The van der Waals surface area contributed by atoms with E-state index in [1.165, 1.54) is 32.2 Å². The lowest BCUT2D eigenvalue weighted by Gasteiger charge is -2.25. The second-order valence-electron chi connectivity index (χ2n) is 4.00. The fraction of sp³-hybridized carbons (Fsp3) is 0.400. The average molecular weight is 325 g/mol. The van der Waals surface area contributed by atoms with E-state index in [9.17, 15) is 12.8 Å². The zero-order valence-corrected chi connectivity index (χ0v) is 11.9. The number of hydrogen-bond donors (Lipinski definition) is 2. The molecule has 1 aromatic carbocycles. The van der Waals surface area contributed by atoms with Gasteiger partial charge in [-0.05, 0) is 32.2 Å². The minimum absolute atomic E-state index is 0.158. The first-order chi connectivity index (χ1) is 7.68. The number of rotatable bonds is 4. The third kappa shape index (κ3) is 3.74. The van der Waals surface area contributed by atoms with E-state index in [4.69, 9.17) is 5.73 Å². The highest BCUT2D eigenvalue weighted by Crippen LogP contribution is 2.25. The quantitative estimate of drug-likeness (QED) is 0.877. The van der Waals surface area contributed by atoms with E-state index >= 15 is 0 Å². The number of nitrogens with two attached hydrogens (primary N) is 1. The van der Waals surface area contributed by atoms with Gasteiger partial charge in [-0.25, -0.2) is 17.5 Å². The molecule has 0 amide bonds. The minimum atomic E-state index is -3.51. The van der Waals surface area contributed by atoms with Gasteiger partial charge in [0.25, 0.3) is 0 Å². The highest BCUT2D eigenvalue weighted by atomic mass is 79.9. The van der Waals surface area contributed by atoms with E-state index in [-0.39, 0.29) is 11.3 Å². The van der Waals surface area contributed by atoms with Crippen molar-refractivity contribution in [2.45, 2.75) is 12.5 Å². The highest BCUT2D eigenvalue weighted by Gasteiger charge is 2.30. The molecule has 1 rings (SSSR count). The number of halogens is 2. The molecule has 0 heterocycles. The predicted octanol–water partition coefficient (Wildman–Crippen LogP) is 1.31. The molecule has 0 saturated carbocycles. The lowest BCUT2D eigenvalue weighted by atomic mass is 9.95. The van der Waals surface area contributed by atoms with E-state index in [1.807, 2.05) is 0 Å². The normalized spacial score (nSPS) is 15.6. The maximum atomic E-state index is 13.6. The number of nitrogens with one attached hydrogen (secondary N) is 1. The molecule has 1 atom stereocenters. The van der Waals surface area contributed by atoms with Crippen LogP contribution in [0, 0.1) is 5.82 Å². The van der Waals surface area contributed by atoms with Crippen LogP contribution < -0.4 is 10.5 Å². The summed E-state index contributed by atoms with van der Waals surface area (Å²) in [5.41, 5.74) is 4.75. The Kier molecular flexibility index (Phi) is 4.29. The van der Waals surface area contributed by atoms with E-state index in [0.717, 1.165) is 0 Å². The molecule has 0 unspecified atom stereocenters. The summed E-state index contributed by atoms with van der Waals surface area (Å²) in [5.74, 6) is -0.909. The summed E-state index contributed by atoms with van der Waals surface area (Å²) < 4.78 is 39.4. The molecule has 0 aliphatic carbocycles. The lowest BCUT2D eigenvalue weighted by molar-refractivity contribution is 0.490. The molecular formula is C10H14BrFN2O2S. The van der Waals surface area contributed by atoms with Crippen molar-refractivity contribution in [1.29, 1.82) is 0 Å². The van der Waals surface area contributed by atoms with Crippen molar-refractivity contribution in [3.05, 3.63) is 34.1 Å². The SMILES string of the molecule is CNS(=O)(=O)C[C@](C)(N)c1cc(Br)ccc1F. The molecule has 0 radical (unpaired) electrons. The monoisotopic (exact) mass is 324 g/mol. The topological polar surface area (TPSA) is 72.2 Å². The van der Waals surface area contributed by atoms with Gasteiger partial charge in [0.05, 0.1) is 11.3 Å². The van der Waals surface area contributed by atoms with Gasteiger partial charge in [-0.3, -0.25) is 0 Å². The Bertz CT molecular complexity index is 517. The molecule has 1 aromatic rings. The van der Waals surface area contributed by atoms with Crippen molar-refractivity contribution in [2.75, 3.05) is 12.8 Å². The molecular weight excluding hydrogens is 311 g/mol. The fourth-order valence-corrected chi connectivity index (χ4v) is 2.93. The summed E-state index contributed by atoms with van der Waals surface area (Å²) in [6.45, 7) is 1.48. The Hall–Kier alpha value is -0.500. The van der Waals surface area contributed by atoms with Crippen molar-refractivity contribution >= 4 is 26.0 Å². The Morgan fingerprint density at radius 3 is 2.65 bits per heavy atom. The zero-order valence-electron chi connectivity index (χ0n) is 9.50. The zero-order chi connectivity index (χ0) is 13.3. The minimum Gasteiger partial charge on any atom is -0.321 e. The molecule has 0 spiro atoms. The first-order valence-corrected chi connectivity index (χ1v) is 7.28. The first-order valence-electron chi connectivity index (χ1n) is 4.83. The van der Waals surface area contributed by atoms with E-state index < -0.39 is 21.4 Å². The summed E-state index contributed by atoms with van der Waals surface area (Å²) in [4.78, 5) is 0. The molecule has 0 aromatic heterocycles. The molecule has 4 nitrogen and oxygen atoms in total. The second-order valence-corrected chi connectivity index (χ2v) is 6.85. The summed E-state index contributed by atoms with van der Waals surface area (Å²) in [6, 6.07) is 4.26. The van der Waals surface area contributed by atoms with Gasteiger partial charge in [-0.15, -0.1) is 0 Å². The van der Waals surface area contributed by atoms with Crippen LogP contribution >= 0.6 is 15.9 Å². The van der Waals surface area contributed by atoms with Gasteiger partial charge in [0, 0.05) is 10.0 Å². The summed E-state index contributed by atoms with van der Waals surface area (Å²) in [6.07, 6.45) is 0. The smallest absolute Gasteiger partial charge is 0.213 e. The third-order valence-electron chi connectivity index (χ3n) is 2.34. The summed E-state index contributed by atoms with van der Waals surface area (Å²) >= 11 is 3.20. The van der Waals surface area contributed by atoms with Crippen LogP contribution in [0.5, 0.6) is 0 Å². The Morgan fingerprint density at radius 1 is 1.53 bits per heavy atom. The van der Waals surface area contributed by atoms with Gasteiger partial charge < -0.3 is 5.73 Å². The Labute approximate surface area is 109 Å². The second kappa shape index (κ2) is 5.01. The van der Waals surface area contributed by atoms with Gasteiger partial charge in [-0.2, -0.15) is 0 Å². The van der Waals surface area contributed by atoms with Crippen molar-refractivity contribution in [3.63, 3.8) is 0 Å². The molecule has 96 valence electrons. The molecule has 7 heteroatoms. The van der Waals surface area contributed by atoms with Gasteiger partial charge in [0.1, 0.15) is 5.82 Å². The maximum absolute atomic E-state index is 13.6. The van der Waals surface area contributed by atoms with Crippen molar-refractivity contribution in [1.82, 2.24) is 4.72 Å². The van der Waals surface area contributed by atoms with Gasteiger partial charge >= 0.3 is 0 Å². The van der Waals surface area contributed by atoms with Gasteiger partial charge in [-0.1, -0.05) is 15.9 Å². The van der Waals surface area contributed by atoms with Crippen LogP contribution in [-0.4, -0.2) is 21.2 Å². The molecule has 0 aliphatic heterocycles. The molecule has 0 bridgehead atoms. The first kappa shape index (κ1) is 14.6.